The average Bonchev–Trinajstić information content (AvgIpc) is 2.96. The van der Waals surface area contributed by atoms with Crippen LogP contribution in [0.4, 0.5) is 5.69 Å². The SMILES string of the molecule is COc1cccc(NC(=O)CC2CSC(=NC3CCCCC3)N2C)c1.Cl. The van der Waals surface area contributed by atoms with Gasteiger partial charge in [-0.3, -0.25) is 9.79 Å². The molecule has 1 aromatic rings. The largest absolute Gasteiger partial charge is 0.497 e. The maximum absolute atomic E-state index is 12.4. The Morgan fingerprint density at radius 1 is 1.35 bits per heavy atom. The van der Waals surface area contributed by atoms with Gasteiger partial charge in [-0.2, -0.15) is 0 Å². The Labute approximate surface area is 166 Å². The highest BCUT2D eigenvalue weighted by Crippen LogP contribution is 2.28. The highest BCUT2D eigenvalue weighted by Gasteiger charge is 2.29. The summed E-state index contributed by atoms with van der Waals surface area (Å²) in [6.07, 6.45) is 6.82. The van der Waals surface area contributed by atoms with Gasteiger partial charge in [-0.1, -0.05) is 37.1 Å². The van der Waals surface area contributed by atoms with Crippen molar-refractivity contribution >= 4 is 40.9 Å². The summed E-state index contributed by atoms with van der Waals surface area (Å²) in [5.41, 5.74) is 0.772. The number of halogens is 1. The van der Waals surface area contributed by atoms with Crippen LogP contribution in [0.5, 0.6) is 5.75 Å². The summed E-state index contributed by atoms with van der Waals surface area (Å²) in [6, 6.07) is 8.14. The molecule has 1 saturated carbocycles. The van der Waals surface area contributed by atoms with E-state index in [0.717, 1.165) is 22.4 Å². The number of carbonyl (C=O) groups excluding carboxylic acids is 1. The molecule has 1 amide bonds. The molecule has 0 spiro atoms. The molecule has 1 unspecified atom stereocenters. The first-order valence-electron chi connectivity index (χ1n) is 9.03. The molecule has 2 fully saturated rings. The third-order valence-corrected chi connectivity index (χ3v) is 6.10. The molecule has 0 bridgehead atoms. The van der Waals surface area contributed by atoms with Crippen LogP contribution in [0.15, 0.2) is 29.3 Å². The topological polar surface area (TPSA) is 53.9 Å². The second kappa shape index (κ2) is 10.1. The number of rotatable bonds is 5. The molecular weight excluding hydrogens is 370 g/mol. The van der Waals surface area contributed by atoms with Crippen molar-refractivity contribution in [2.75, 3.05) is 25.2 Å². The van der Waals surface area contributed by atoms with E-state index >= 15 is 0 Å². The lowest BCUT2D eigenvalue weighted by atomic mass is 9.96. The number of amides is 1. The van der Waals surface area contributed by atoms with Gasteiger partial charge in [0, 0.05) is 37.0 Å². The standard InChI is InChI=1S/C19H27N3O2S.ClH/c1-22-16(13-25-19(22)21-14-7-4-3-5-8-14)12-18(23)20-15-9-6-10-17(11-15)24-2;/h6,9-11,14,16H,3-5,7-8,12-13H2,1-2H3,(H,20,23);1H. The van der Waals surface area contributed by atoms with Crippen molar-refractivity contribution < 1.29 is 9.53 Å². The summed E-state index contributed by atoms with van der Waals surface area (Å²) in [7, 11) is 3.68. The van der Waals surface area contributed by atoms with Crippen LogP contribution >= 0.6 is 24.2 Å². The molecule has 2 aliphatic rings. The number of hydrogen-bond donors (Lipinski definition) is 1. The van der Waals surface area contributed by atoms with Gasteiger partial charge in [-0.25, -0.2) is 0 Å². The van der Waals surface area contributed by atoms with Crippen molar-refractivity contribution in [1.29, 1.82) is 0 Å². The second-order valence-corrected chi connectivity index (χ2v) is 7.75. The number of nitrogens with one attached hydrogen (secondary N) is 1. The van der Waals surface area contributed by atoms with Crippen LogP contribution in [-0.4, -0.2) is 48.0 Å². The Morgan fingerprint density at radius 2 is 2.12 bits per heavy atom. The summed E-state index contributed by atoms with van der Waals surface area (Å²) >= 11 is 1.78. The number of nitrogens with zero attached hydrogens (tertiary/aromatic N) is 2. The maximum atomic E-state index is 12.4. The van der Waals surface area contributed by atoms with E-state index in [1.165, 1.54) is 32.1 Å². The smallest absolute Gasteiger partial charge is 0.226 e. The number of benzene rings is 1. The summed E-state index contributed by atoms with van der Waals surface area (Å²) in [5, 5.41) is 4.07. The van der Waals surface area contributed by atoms with Crippen LogP contribution in [0, 0.1) is 0 Å². The molecule has 0 radical (unpaired) electrons. The van der Waals surface area contributed by atoms with Gasteiger partial charge < -0.3 is 15.0 Å². The Hall–Kier alpha value is -1.40. The van der Waals surface area contributed by atoms with Crippen molar-refractivity contribution in [2.24, 2.45) is 4.99 Å². The molecule has 1 N–H and O–H groups in total. The van der Waals surface area contributed by atoms with Gasteiger partial charge in [0.05, 0.1) is 13.2 Å². The minimum Gasteiger partial charge on any atom is -0.497 e. The highest BCUT2D eigenvalue weighted by atomic mass is 35.5. The molecule has 3 rings (SSSR count). The van der Waals surface area contributed by atoms with E-state index in [2.05, 4.69) is 17.3 Å². The minimum atomic E-state index is 0. The monoisotopic (exact) mass is 397 g/mol. The molecule has 0 aromatic heterocycles. The van der Waals surface area contributed by atoms with E-state index < -0.39 is 0 Å². The van der Waals surface area contributed by atoms with Crippen LogP contribution in [0.25, 0.3) is 0 Å². The Morgan fingerprint density at radius 3 is 2.85 bits per heavy atom. The van der Waals surface area contributed by atoms with Crippen molar-refractivity contribution in [3.8, 4) is 5.75 Å². The zero-order valence-electron chi connectivity index (χ0n) is 15.4. The van der Waals surface area contributed by atoms with E-state index in [0.29, 0.717) is 12.5 Å². The lowest BCUT2D eigenvalue weighted by Gasteiger charge is -2.23. The summed E-state index contributed by atoms with van der Waals surface area (Å²) < 4.78 is 5.19. The normalized spacial score (nSPS) is 22.2. The van der Waals surface area contributed by atoms with Crippen LogP contribution < -0.4 is 10.1 Å². The predicted octanol–water partition coefficient (Wildman–Crippen LogP) is 4.18. The molecule has 144 valence electrons. The van der Waals surface area contributed by atoms with Gasteiger partial charge in [0.2, 0.25) is 5.91 Å². The zero-order valence-corrected chi connectivity index (χ0v) is 17.1. The molecular formula is C19H28ClN3O2S. The Balaban J connectivity index is 0.00000243. The molecule has 1 aliphatic carbocycles. The first-order chi connectivity index (χ1) is 12.2. The van der Waals surface area contributed by atoms with Crippen LogP contribution in [-0.2, 0) is 4.79 Å². The van der Waals surface area contributed by atoms with E-state index in [9.17, 15) is 4.79 Å². The van der Waals surface area contributed by atoms with Gasteiger partial charge in [-0.15, -0.1) is 12.4 Å². The molecule has 5 nitrogen and oxygen atoms in total. The van der Waals surface area contributed by atoms with Crippen molar-refractivity contribution in [1.82, 2.24) is 4.90 Å². The van der Waals surface area contributed by atoms with E-state index in [-0.39, 0.29) is 24.4 Å². The maximum Gasteiger partial charge on any atom is 0.226 e. The van der Waals surface area contributed by atoms with Gasteiger partial charge >= 0.3 is 0 Å². The first kappa shape index (κ1) is 20.9. The fourth-order valence-electron chi connectivity index (χ4n) is 3.36. The lowest BCUT2D eigenvalue weighted by molar-refractivity contribution is -0.116. The molecule has 1 heterocycles. The number of methoxy groups -OCH3 is 1. The van der Waals surface area contributed by atoms with Crippen molar-refractivity contribution in [2.45, 2.75) is 50.6 Å². The summed E-state index contributed by atoms with van der Waals surface area (Å²) in [5.74, 6) is 1.70. The van der Waals surface area contributed by atoms with Crippen molar-refractivity contribution in [3.63, 3.8) is 0 Å². The molecule has 1 atom stereocenters. The van der Waals surface area contributed by atoms with Gasteiger partial charge in [0.15, 0.2) is 5.17 Å². The number of thioether (sulfide) groups is 1. The Bertz CT molecular complexity index is 635. The molecule has 26 heavy (non-hydrogen) atoms. The predicted molar refractivity (Wildman–Crippen MR) is 112 cm³/mol. The van der Waals surface area contributed by atoms with E-state index in [1.54, 1.807) is 18.9 Å². The second-order valence-electron chi connectivity index (χ2n) is 6.76. The van der Waals surface area contributed by atoms with Gasteiger partial charge in [0.1, 0.15) is 5.75 Å². The lowest BCUT2D eigenvalue weighted by Crippen LogP contribution is -2.34. The van der Waals surface area contributed by atoms with Crippen LogP contribution in [0.3, 0.4) is 0 Å². The highest BCUT2D eigenvalue weighted by molar-refractivity contribution is 8.14. The first-order valence-corrected chi connectivity index (χ1v) is 10.0. The number of ether oxygens (including phenoxy) is 1. The average molecular weight is 398 g/mol. The number of aliphatic imine (C=N–C) groups is 1. The fraction of sp³-hybridized carbons (Fsp3) is 0.579. The van der Waals surface area contributed by atoms with E-state index in [4.69, 9.17) is 9.73 Å². The summed E-state index contributed by atoms with van der Waals surface area (Å²) in [6.45, 7) is 0. The number of hydrogen-bond acceptors (Lipinski definition) is 4. The summed E-state index contributed by atoms with van der Waals surface area (Å²) in [4.78, 5) is 19.5. The molecule has 7 heteroatoms. The molecule has 1 aliphatic heterocycles. The van der Waals surface area contributed by atoms with Crippen LogP contribution in [0.2, 0.25) is 0 Å². The Kier molecular flexibility index (Phi) is 8.10. The minimum absolute atomic E-state index is 0. The number of carbonyl (C=O) groups is 1. The van der Waals surface area contributed by atoms with Gasteiger partial charge in [-0.05, 0) is 25.0 Å². The quantitative estimate of drug-likeness (QED) is 0.809. The number of anilines is 1. The fourth-order valence-corrected chi connectivity index (χ4v) is 4.62. The third kappa shape index (κ3) is 5.55. The molecule has 1 aromatic carbocycles. The van der Waals surface area contributed by atoms with Crippen molar-refractivity contribution in [3.05, 3.63) is 24.3 Å². The number of amidine groups is 1. The van der Waals surface area contributed by atoms with Crippen LogP contribution in [0.1, 0.15) is 38.5 Å². The third-order valence-electron chi connectivity index (χ3n) is 4.90. The zero-order chi connectivity index (χ0) is 17.6. The van der Waals surface area contributed by atoms with E-state index in [1.807, 2.05) is 24.3 Å². The van der Waals surface area contributed by atoms with Gasteiger partial charge in [0.25, 0.3) is 0 Å². The molecule has 1 saturated heterocycles.